The van der Waals surface area contributed by atoms with Gasteiger partial charge in [-0.2, -0.15) is 0 Å². The van der Waals surface area contributed by atoms with Crippen LogP contribution in [0.5, 0.6) is 5.75 Å². The molecule has 0 spiro atoms. The van der Waals surface area contributed by atoms with E-state index in [1.165, 1.54) is 7.11 Å². The Bertz CT molecular complexity index is 543. The van der Waals surface area contributed by atoms with Gasteiger partial charge in [0.1, 0.15) is 5.75 Å². The average molecular weight is 281 g/mol. The van der Waals surface area contributed by atoms with Crippen molar-refractivity contribution < 1.29 is 9.53 Å². The number of rotatable bonds is 4. The Morgan fingerprint density at radius 2 is 2.42 bits per heavy atom. The van der Waals surface area contributed by atoms with Crippen LogP contribution in [0.3, 0.4) is 0 Å². The van der Waals surface area contributed by atoms with Crippen molar-refractivity contribution in [3.05, 3.63) is 33.7 Å². The third kappa shape index (κ3) is 2.92. The molecule has 0 saturated carbocycles. The van der Waals surface area contributed by atoms with Gasteiger partial charge in [0.2, 0.25) is 5.91 Å². The van der Waals surface area contributed by atoms with Gasteiger partial charge in [-0.15, -0.1) is 0 Å². The molecule has 1 aromatic rings. The highest BCUT2D eigenvalue weighted by Crippen LogP contribution is 2.32. The van der Waals surface area contributed by atoms with Gasteiger partial charge in [-0.1, -0.05) is 16.7 Å². The van der Waals surface area contributed by atoms with Crippen LogP contribution in [0.2, 0.25) is 5.02 Å². The molecule has 0 aliphatic carbocycles. The van der Waals surface area contributed by atoms with Gasteiger partial charge in [-0.3, -0.25) is 4.79 Å². The third-order valence-electron chi connectivity index (χ3n) is 3.05. The Balaban J connectivity index is 2.18. The van der Waals surface area contributed by atoms with Crippen LogP contribution in [-0.2, 0) is 4.79 Å². The maximum absolute atomic E-state index is 12.0. The Morgan fingerprint density at radius 1 is 1.63 bits per heavy atom. The molecule has 7 heteroatoms. The van der Waals surface area contributed by atoms with Crippen LogP contribution >= 0.6 is 11.6 Å². The first-order chi connectivity index (χ1) is 9.15. The smallest absolute Gasteiger partial charge is 0.227 e. The van der Waals surface area contributed by atoms with Gasteiger partial charge in [0.15, 0.2) is 0 Å². The predicted octanol–water partition coefficient (Wildman–Crippen LogP) is 3.01. The number of carbonyl (C=O) groups is 1. The molecule has 1 aliphatic heterocycles. The fourth-order valence-corrected chi connectivity index (χ4v) is 2.32. The van der Waals surface area contributed by atoms with Gasteiger partial charge in [0.25, 0.3) is 0 Å². The fraction of sp³-hybridized carbons (Fsp3) is 0.417. The summed E-state index contributed by atoms with van der Waals surface area (Å²) < 4.78 is 5.14. The normalized spacial score (nSPS) is 18.3. The lowest BCUT2D eigenvalue weighted by molar-refractivity contribution is -0.117. The zero-order chi connectivity index (χ0) is 13.8. The standard InChI is InChI=1S/C12H13ClN4O2/c1-19-11-5-9(2-3-10(11)13)17-7-8(4-12(17)18)6-15-16-14/h2-3,5,8H,4,6-7H2,1H3. The Labute approximate surface area is 115 Å². The number of nitrogens with zero attached hydrogens (tertiary/aromatic N) is 4. The van der Waals surface area contributed by atoms with Crippen LogP contribution in [0.15, 0.2) is 23.3 Å². The summed E-state index contributed by atoms with van der Waals surface area (Å²) in [6, 6.07) is 5.21. The number of amides is 1. The summed E-state index contributed by atoms with van der Waals surface area (Å²) in [5.74, 6) is 0.609. The van der Waals surface area contributed by atoms with Crippen LogP contribution in [0.1, 0.15) is 6.42 Å². The van der Waals surface area contributed by atoms with Crippen molar-refractivity contribution in [2.24, 2.45) is 11.0 Å². The molecule has 0 bridgehead atoms. The first-order valence-corrected chi connectivity index (χ1v) is 6.18. The van der Waals surface area contributed by atoms with E-state index in [-0.39, 0.29) is 11.8 Å². The largest absolute Gasteiger partial charge is 0.495 e. The van der Waals surface area contributed by atoms with Crippen molar-refractivity contribution in [2.75, 3.05) is 25.1 Å². The van der Waals surface area contributed by atoms with Crippen LogP contribution in [0.4, 0.5) is 5.69 Å². The minimum atomic E-state index is 0.0162. The van der Waals surface area contributed by atoms with E-state index in [0.717, 1.165) is 5.69 Å². The molecular formula is C12H13ClN4O2. The van der Waals surface area contributed by atoms with Crippen molar-refractivity contribution in [1.82, 2.24) is 0 Å². The second-order valence-corrected chi connectivity index (χ2v) is 4.71. The summed E-state index contributed by atoms with van der Waals surface area (Å²) in [7, 11) is 1.53. The number of methoxy groups -OCH3 is 1. The van der Waals surface area contributed by atoms with Crippen LogP contribution in [0, 0.1) is 5.92 Å². The molecule has 6 nitrogen and oxygen atoms in total. The van der Waals surface area contributed by atoms with Crippen LogP contribution in [0.25, 0.3) is 10.4 Å². The first kappa shape index (κ1) is 13.5. The van der Waals surface area contributed by atoms with Crippen molar-refractivity contribution in [3.63, 3.8) is 0 Å². The van der Waals surface area contributed by atoms with Crippen LogP contribution < -0.4 is 9.64 Å². The Morgan fingerprint density at radius 3 is 3.11 bits per heavy atom. The van der Waals surface area contributed by atoms with Gasteiger partial charge in [-0.05, 0) is 23.6 Å². The first-order valence-electron chi connectivity index (χ1n) is 5.80. The molecular weight excluding hydrogens is 268 g/mol. The molecule has 19 heavy (non-hydrogen) atoms. The van der Waals surface area contributed by atoms with Gasteiger partial charge >= 0.3 is 0 Å². The zero-order valence-electron chi connectivity index (χ0n) is 10.4. The summed E-state index contributed by atoms with van der Waals surface area (Å²) >= 11 is 5.95. The predicted molar refractivity (Wildman–Crippen MR) is 72.5 cm³/mol. The highest BCUT2D eigenvalue weighted by molar-refractivity contribution is 6.32. The van der Waals surface area contributed by atoms with Gasteiger partial charge in [-0.25, -0.2) is 0 Å². The maximum atomic E-state index is 12.0. The number of anilines is 1. The lowest BCUT2D eigenvalue weighted by Gasteiger charge is -2.17. The number of ether oxygens (including phenoxy) is 1. The maximum Gasteiger partial charge on any atom is 0.227 e. The topological polar surface area (TPSA) is 78.3 Å². The average Bonchev–Trinajstić information content (AvgIpc) is 2.78. The van der Waals surface area contributed by atoms with E-state index in [2.05, 4.69) is 10.0 Å². The number of hydrogen-bond acceptors (Lipinski definition) is 3. The zero-order valence-corrected chi connectivity index (χ0v) is 11.2. The molecule has 1 amide bonds. The summed E-state index contributed by atoms with van der Waals surface area (Å²) in [5, 5.41) is 4.02. The van der Waals surface area contributed by atoms with E-state index in [1.54, 1.807) is 23.1 Å². The second-order valence-electron chi connectivity index (χ2n) is 4.31. The molecule has 1 saturated heterocycles. The van der Waals surface area contributed by atoms with Gasteiger partial charge in [0.05, 0.1) is 12.1 Å². The van der Waals surface area contributed by atoms with Gasteiger partial charge < -0.3 is 9.64 Å². The monoisotopic (exact) mass is 280 g/mol. The summed E-state index contributed by atoms with van der Waals surface area (Å²) in [6.45, 7) is 0.881. The summed E-state index contributed by atoms with van der Waals surface area (Å²) in [5.41, 5.74) is 9.05. The highest BCUT2D eigenvalue weighted by Gasteiger charge is 2.30. The molecule has 0 aromatic heterocycles. The van der Waals surface area contributed by atoms with Crippen molar-refractivity contribution in [2.45, 2.75) is 6.42 Å². The van der Waals surface area contributed by atoms with Gasteiger partial charge in [0, 0.05) is 36.2 Å². The van der Waals surface area contributed by atoms with E-state index in [1.807, 2.05) is 0 Å². The van der Waals surface area contributed by atoms with E-state index in [0.29, 0.717) is 30.3 Å². The van der Waals surface area contributed by atoms with Crippen molar-refractivity contribution in [3.8, 4) is 5.75 Å². The minimum Gasteiger partial charge on any atom is -0.495 e. The number of halogens is 1. The number of benzene rings is 1. The summed E-state index contributed by atoms with van der Waals surface area (Å²) in [4.78, 5) is 16.3. The van der Waals surface area contributed by atoms with Crippen LogP contribution in [-0.4, -0.2) is 26.1 Å². The van der Waals surface area contributed by atoms with E-state index in [9.17, 15) is 4.79 Å². The van der Waals surface area contributed by atoms with E-state index < -0.39 is 0 Å². The number of hydrogen-bond donors (Lipinski definition) is 0. The number of carbonyl (C=O) groups excluding carboxylic acids is 1. The molecule has 0 N–H and O–H groups in total. The van der Waals surface area contributed by atoms with E-state index >= 15 is 0 Å². The second kappa shape index (κ2) is 5.82. The fourth-order valence-electron chi connectivity index (χ4n) is 2.12. The minimum absolute atomic E-state index is 0.0162. The quantitative estimate of drug-likeness (QED) is 0.483. The number of azide groups is 1. The Hall–Kier alpha value is -1.91. The molecule has 1 aliphatic rings. The summed E-state index contributed by atoms with van der Waals surface area (Å²) in [6.07, 6.45) is 0.393. The van der Waals surface area contributed by atoms with Crippen molar-refractivity contribution in [1.29, 1.82) is 0 Å². The third-order valence-corrected chi connectivity index (χ3v) is 3.37. The lowest BCUT2D eigenvalue weighted by Crippen LogP contribution is -2.24. The molecule has 100 valence electrons. The molecule has 0 radical (unpaired) electrons. The van der Waals surface area contributed by atoms with Crippen molar-refractivity contribution >= 4 is 23.2 Å². The molecule has 1 heterocycles. The van der Waals surface area contributed by atoms with E-state index in [4.69, 9.17) is 21.9 Å². The SMILES string of the molecule is COc1cc(N2CC(CN=[N+]=[N-])CC2=O)ccc1Cl. The lowest BCUT2D eigenvalue weighted by atomic mass is 10.1. The molecule has 1 fully saturated rings. The molecule has 2 rings (SSSR count). The molecule has 1 atom stereocenters. The highest BCUT2D eigenvalue weighted by atomic mass is 35.5. The molecule has 1 unspecified atom stereocenters. The molecule has 1 aromatic carbocycles. The Kier molecular flexibility index (Phi) is 4.14.